The molecule has 1 aliphatic carbocycles. The zero-order chi connectivity index (χ0) is 13.5. The Bertz CT molecular complexity index is 428. The lowest BCUT2D eigenvalue weighted by atomic mass is 9.82. The molecule has 2 heterocycles. The molecule has 19 heavy (non-hydrogen) atoms. The van der Waals surface area contributed by atoms with Crippen LogP contribution in [0.25, 0.3) is 0 Å². The van der Waals surface area contributed by atoms with Crippen LogP contribution in [-0.4, -0.2) is 24.7 Å². The molecule has 0 aromatic rings. The van der Waals surface area contributed by atoms with E-state index in [0.29, 0.717) is 31.0 Å². The largest absolute Gasteiger partial charge is 0.299 e. The maximum absolute atomic E-state index is 12.4. The quantitative estimate of drug-likeness (QED) is 0.800. The molecule has 3 fully saturated rings. The molecule has 0 aromatic heterocycles. The molecule has 2 bridgehead atoms. The molecule has 3 aliphatic rings. The Labute approximate surface area is 116 Å². The van der Waals surface area contributed by atoms with Crippen LogP contribution in [0.5, 0.6) is 0 Å². The van der Waals surface area contributed by atoms with E-state index in [9.17, 15) is 13.2 Å². The summed E-state index contributed by atoms with van der Waals surface area (Å²) in [5.41, 5.74) is 0. The first kappa shape index (κ1) is 13.6. The van der Waals surface area contributed by atoms with Crippen molar-refractivity contribution in [2.45, 2.75) is 74.7 Å². The highest BCUT2D eigenvalue weighted by Crippen LogP contribution is 2.42. The topological polar surface area (TPSA) is 51.2 Å². The molecule has 1 saturated carbocycles. The normalized spacial score (nSPS) is 38.2. The molecule has 0 N–H and O–H groups in total. The molecule has 2 unspecified atom stereocenters. The van der Waals surface area contributed by atoms with E-state index in [2.05, 4.69) is 0 Å². The van der Waals surface area contributed by atoms with Crippen molar-refractivity contribution in [1.29, 1.82) is 0 Å². The molecule has 2 saturated heterocycles. The standard InChI is InChI=1S/C15H24O3S/c16-15(8-11-4-2-1-3-5-11)12-9-13-6-7-14(10-12)19(13,17)18/h11-14H,1-10H2. The summed E-state index contributed by atoms with van der Waals surface area (Å²) in [5, 5.41) is -0.405. The van der Waals surface area contributed by atoms with Crippen LogP contribution in [0.15, 0.2) is 0 Å². The van der Waals surface area contributed by atoms with E-state index in [1.54, 1.807) is 0 Å². The van der Waals surface area contributed by atoms with Gasteiger partial charge in [-0.3, -0.25) is 4.79 Å². The second-order valence-electron chi connectivity index (χ2n) is 6.75. The van der Waals surface area contributed by atoms with E-state index in [4.69, 9.17) is 0 Å². The summed E-state index contributed by atoms with van der Waals surface area (Å²) in [5.74, 6) is 0.985. The summed E-state index contributed by atoms with van der Waals surface area (Å²) < 4.78 is 24.0. The van der Waals surface area contributed by atoms with Gasteiger partial charge in [-0.15, -0.1) is 0 Å². The van der Waals surface area contributed by atoms with Gasteiger partial charge in [0.05, 0.1) is 10.5 Å². The highest BCUT2D eigenvalue weighted by Gasteiger charge is 2.48. The van der Waals surface area contributed by atoms with Gasteiger partial charge in [0, 0.05) is 12.3 Å². The number of rotatable bonds is 3. The smallest absolute Gasteiger partial charge is 0.156 e. The predicted octanol–water partition coefficient (Wildman–Crippen LogP) is 2.88. The highest BCUT2D eigenvalue weighted by atomic mass is 32.2. The molecule has 2 aliphatic heterocycles. The molecule has 2 atom stereocenters. The third-order valence-electron chi connectivity index (χ3n) is 5.50. The first-order chi connectivity index (χ1) is 9.07. The van der Waals surface area contributed by atoms with Gasteiger partial charge in [-0.2, -0.15) is 0 Å². The second-order valence-corrected chi connectivity index (χ2v) is 9.26. The molecular weight excluding hydrogens is 260 g/mol. The van der Waals surface area contributed by atoms with Gasteiger partial charge < -0.3 is 0 Å². The molecular formula is C15H24O3S. The number of hydrogen-bond donors (Lipinski definition) is 0. The van der Waals surface area contributed by atoms with Crippen LogP contribution in [-0.2, 0) is 14.6 Å². The van der Waals surface area contributed by atoms with E-state index >= 15 is 0 Å². The minimum atomic E-state index is -2.88. The third kappa shape index (κ3) is 2.61. The zero-order valence-corrected chi connectivity index (χ0v) is 12.3. The van der Waals surface area contributed by atoms with Gasteiger partial charge >= 0.3 is 0 Å². The van der Waals surface area contributed by atoms with Crippen LogP contribution in [0, 0.1) is 11.8 Å². The molecule has 0 amide bonds. The zero-order valence-electron chi connectivity index (χ0n) is 11.5. The van der Waals surface area contributed by atoms with E-state index in [1.807, 2.05) is 0 Å². The average molecular weight is 284 g/mol. The maximum atomic E-state index is 12.4. The van der Waals surface area contributed by atoms with Crippen LogP contribution in [0.3, 0.4) is 0 Å². The number of Topliss-reactive ketones (excluding diaryl/α,β-unsaturated/α-hetero) is 1. The second kappa shape index (κ2) is 5.19. The van der Waals surface area contributed by atoms with Crippen LogP contribution in [0.4, 0.5) is 0 Å². The molecule has 4 heteroatoms. The van der Waals surface area contributed by atoms with Crippen molar-refractivity contribution in [1.82, 2.24) is 0 Å². The van der Waals surface area contributed by atoms with Gasteiger partial charge in [-0.05, 0) is 31.6 Å². The van der Waals surface area contributed by atoms with E-state index < -0.39 is 9.84 Å². The van der Waals surface area contributed by atoms with Crippen molar-refractivity contribution in [3.8, 4) is 0 Å². The maximum Gasteiger partial charge on any atom is 0.156 e. The van der Waals surface area contributed by atoms with Crippen molar-refractivity contribution >= 4 is 15.6 Å². The summed E-state index contributed by atoms with van der Waals surface area (Å²) in [6.45, 7) is 0. The Morgan fingerprint density at radius 2 is 1.47 bits per heavy atom. The first-order valence-electron chi connectivity index (χ1n) is 7.83. The van der Waals surface area contributed by atoms with Gasteiger partial charge in [0.15, 0.2) is 9.84 Å². The fourth-order valence-electron chi connectivity index (χ4n) is 4.31. The Kier molecular flexibility index (Phi) is 3.71. The number of hydrogen-bond acceptors (Lipinski definition) is 3. The van der Waals surface area contributed by atoms with Gasteiger partial charge in [0.25, 0.3) is 0 Å². The van der Waals surface area contributed by atoms with Crippen molar-refractivity contribution < 1.29 is 13.2 Å². The monoisotopic (exact) mass is 284 g/mol. The molecule has 0 radical (unpaired) electrons. The summed E-state index contributed by atoms with van der Waals surface area (Å²) in [6.07, 6.45) is 9.77. The van der Waals surface area contributed by atoms with Crippen LogP contribution >= 0.6 is 0 Å². The molecule has 0 spiro atoms. The van der Waals surface area contributed by atoms with Crippen LogP contribution < -0.4 is 0 Å². The number of fused-ring (bicyclic) bond motifs is 2. The molecule has 0 aromatic carbocycles. The van der Waals surface area contributed by atoms with Gasteiger partial charge in [-0.1, -0.05) is 32.1 Å². The number of carbonyl (C=O) groups excluding carboxylic acids is 1. The summed E-state index contributed by atoms with van der Waals surface area (Å²) >= 11 is 0. The molecule has 3 rings (SSSR count). The predicted molar refractivity (Wildman–Crippen MR) is 74.7 cm³/mol. The summed E-state index contributed by atoms with van der Waals surface area (Å²) in [7, 11) is -2.88. The lowest BCUT2D eigenvalue weighted by Gasteiger charge is -2.29. The average Bonchev–Trinajstić information content (AvgIpc) is 2.59. The Hall–Kier alpha value is -0.380. The molecule has 3 nitrogen and oxygen atoms in total. The van der Waals surface area contributed by atoms with Crippen molar-refractivity contribution in [3.63, 3.8) is 0 Å². The Morgan fingerprint density at radius 1 is 0.895 bits per heavy atom. The number of ketones is 1. The Balaban J connectivity index is 1.60. The van der Waals surface area contributed by atoms with Crippen molar-refractivity contribution in [2.75, 3.05) is 0 Å². The summed E-state index contributed by atoms with van der Waals surface area (Å²) in [6, 6.07) is 0. The van der Waals surface area contributed by atoms with Crippen LogP contribution in [0.2, 0.25) is 0 Å². The number of carbonyl (C=O) groups is 1. The fourth-order valence-corrected chi connectivity index (χ4v) is 6.79. The van der Waals surface area contributed by atoms with Gasteiger partial charge in [-0.25, -0.2) is 8.42 Å². The first-order valence-corrected chi connectivity index (χ1v) is 9.43. The van der Waals surface area contributed by atoms with E-state index in [0.717, 1.165) is 12.8 Å². The van der Waals surface area contributed by atoms with Gasteiger partial charge in [0.2, 0.25) is 0 Å². The van der Waals surface area contributed by atoms with Crippen molar-refractivity contribution in [3.05, 3.63) is 0 Å². The lowest BCUT2D eigenvalue weighted by Crippen LogP contribution is -2.36. The highest BCUT2D eigenvalue weighted by molar-refractivity contribution is 7.93. The fraction of sp³-hybridized carbons (Fsp3) is 0.933. The molecule has 108 valence electrons. The van der Waals surface area contributed by atoms with E-state index in [1.165, 1.54) is 32.1 Å². The van der Waals surface area contributed by atoms with Crippen molar-refractivity contribution in [2.24, 2.45) is 11.8 Å². The van der Waals surface area contributed by atoms with E-state index in [-0.39, 0.29) is 16.4 Å². The minimum absolute atomic E-state index is 0.0444. The van der Waals surface area contributed by atoms with Crippen LogP contribution in [0.1, 0.15) is 64.2 Å². The van der Waals surface area contributed by atoms with Gasteiger partial charge in [0.1, 0.15) is 5.78 Å². The lowest BCUT2D eigenvalue weighted by molar-refractivity contribution is -0.124. The SMILES string of the molecule is O=C(CC1CCCCC1)C1CC2CCC(C1)S2(=O)=O. The minimum Gasteiger partial charge on any atom is -0.299 e. The summed E-state index contributed by atoms with van der Waals surface area (Å²) in [4.78, 5) is 12.4. The third-order valence-corrected chi connectivity index (χ3v) is 8.22. The number of sulfone groups is 1. The Morgan fingerprint density at radius 3 is 2.05 bits per heavy atom.